The molecule has 1 amide bonds. The van der Waals surface area contributed by atoms with Crippen LogP contribution in [0.4, 0.5) is 0 Å². The molecule has 0 spiro atoms. The lowest BCUT2D eigenvalue weighted by Crippen LogP contribution is -2.25. The SMILES string of the molecule is CCCC=Cc1ccc(C(=O)NCCc2ccccc2Cl)cc1. The summed E-state index contributed by atoms with van der Waals surface area (Å²) < 4.78 is 0. The first-order chi connectivity index (χ1) is 11.2. The average Bonchev–Trinajstić information content (AvgIpc) is 2.57. The van der Waals surface area contributed by atoms with Gasteiger partial charge in [-0.05, 0) is 42.2 Å². The maximum absolute atomic E-state index is 12.1. The van der Waals surface area contributed by atoms with Crippen LogP contribution >= 0.6 is 11.6 Å². The maximum atomic E-state index is 12.1. The fourth-order valence-corrected chi connectivity index (χ4v) is 2.48. The van der Waals surface area contributed by atoms with Gasteiger partial charge in [0.2, 0.25) is 0 Å². The van der Waals surface area contributed by atoms with Crippen LogP contribution in [0.5, 0.6) is 0 Å². The number of unbranched alkanes of at least 4 members (excludes halogenated alkanes) is 1. The van der Waals surface area contributed by atoms with Crippen LogP contribution in [0, 0.1) is 0 Å². The first kappa shape index (κ1) is 17.3. The molecular weight excluding hydrogens is 306 g/mol. The van der Waals surface area contributed by atoms with Crippen LogP contribution in [0.3, 0.4) is 0 Å². The molecule has 3 heteroatoms. The largest absolute Gasteiger partial charge is 0.352 e. The Bertz CT molecular complexity index is 662. The smallest absolute Gasteiger partial charge is 0.251 e. The van der Waals surface area contributed by atoms with Gasteiger partial charge in [-0.2, -0.15) is 0 Å². The number of allylic oxidation sites excluding steroid dienone is 1. The highest BCUT2D eigenvalue weighted by atomic mass is 35.5. The van der Waals surface area contributed by atoms with E-state index in [1.807, 2.05) is 48.5 Å². The summed E-state index contributed by atoms with van der Waals surface area (Å²) in [7, 11) is 0. The van der Waals surface area contributed by atoms with E-state index in [0.29, 0.717) is 12.1 Å². The first-order valence-corrected chi connectivity index (χ1v) is 8.36. The third-order valence-corrected chi connectivity index (χ3v) is 3.94. The molecule has 0 saturated heterocycles. The van der Waals surface area contributed by atoms with Crippen molar-refractivity contribution in [2.24, 2.45) is 0 Å². The third kappa shape index (κ3) is 5.57. The molecule has 120 valence electrons. The normalized spacial score (nSPS) is 10.9. The lowest BCUT2D eigenvalue weighted by molar-refractivity contribution is 0.0954. The number of rotatable bonds is 7. The zero-order chi connectivity index (χ0) is 16.5. The van der Waals surface area contributed by atoms with Gasteiger partial charge in [0.25, 0.3) is 5.91 Å². The molecule has 0 heterocycles. The number of amides is 1. The minimum Gasteiger partial charge on any atom is -0.352 e. The van der Waals surface area contributed by atoms with E-state index in [0.717, 1.165) is 35.4 Å². The van der Waals surface area contributed by atoms with Crippen molar-refractivity contribution in [2.45, 2.75) is 26.2 Å². The second kappa shape index (κ2) is 9.16. The predicted molar refractivity (Wildman–Crippen MR) is 97.9 cm³/mol. The lowest BCUT2D eigenvalue weighted by Gasteiger charge is -2.07. The second-order valence-corrected chi connectivity index (χ2v) is 5.82. The molecule has 2 aromatic rings. The van der Waals surface area contributed by atoms with Gasteiger partial charge in [-0.3, -0.25) is 4.79 Å². The van der Waals surface area contributed by atoms with Crippen molar-refractivity contribution in [3.63, 3.8) is 0 Å². The van der Waals surface area contributed by atoms with E-state index in [1.165, 1.54) is 0 Å². The summed E-state index contributed by atoms with van der Waals surface area (Å²) in [5.74, 6) is -0.0545. The Kier molecular flexibility index (Phi) is 6.89. The molecule has 2 nitrogen and oxygen atoms in total. The van der Waals surface area contributed by atoms with Crippen molar-refractivity contribution in [2.75, 3.05) is 6.54 Å². The molecule has 0 bridgehead atoms. The molecule has 0 fully saturated rings. The van der Waals surface area contributed by atoms with Gasteiger partial charge in [0.15, 0.2) is 0 Å². The highest BCUT2D eigenvalue weighted by molar-refractivity contribution is 6.31. The summed E-state index contributed by atoms with van der Waals surface area (Å²) >= 11 is 6.11. The Balaban J connectivity index is 1.85. The fourth-order valence-electron chi connectivity index (χ4n) is 2.25. The molecule has 0 saturated carbocycles. The van der Waals surface area contributed by atoms with Gasteiger partial charge in [-0.15, -0.1) is 0 Å². The molecule has 0 aliphatic carbocycles. The molecule has 0 unspecified atom stereocenters. The molecule has 0 atom stereocenters. The lowest BCUT2D eigenvalue weighted by atomic mass is 10.1. The Hall–Kier alpha value is -2.06. The van der Waals surface area contributed by atoms with Gasteiger partial charge in [0.1, 0.15) is 0 Å². The molecule has 23 heavy (non-hydrogen) atoms. The van der Waals surface area contributed by atoms with Crippen LogP contribution in [0.2, 0.25) is 5.02 Å². The van der Waals surface area contributed by atoms with Crippen LogP contribution in [0.1, 0.15) is 41.3 Å². The third-order valence-electron chi connectivity index (χ3n) is 3.58. The Labute approximate surface area is 143 Å². The summed E-state index contributed by atoms with van der Waals surface area (Å²) in [4.78, 5) is 12.1. The zero-order valence-corrected chi connectivity index (χ0v) is 14.1. The zero-order valence-electron chi connectivity index (χ0n) is 13.4. The summed E-state index contributed by atoms with van der Waals surface area (Å²) in [5.41, 5.74) is 2.84. The standard InChI is InChI=1S/C20H22ClNO/c1-2-3-4-7-16-10-12-18(13-11-16)20(23)22-15-14-17-8-5-6-9-19(17)21/h4-13H,2-3,14-15H2,1H3,(H,22,23). The first-order valence-electron chi connectivity index (χ1n) is 7.99. The molecule has 2 aromatic carbocycles. The van der Waals surface area contributed by atoms with Crippen molar-refractivity contribution >= 4 is 23.6 Å². The molecular formula is C20H22ClNO. The molecule has 0 aliphatic heterocycles. The van der Waals surface area contributed by atoms with Gasteiger partial charge in [-0.1, -0.05) is 67.4 Å². The van der Waals surface area contributed by atoms with E-state index in [-0.39, 0.29) is 5.91 Å². The van der Waals surface area contributed by atoms with Gasteiger partial charge >= 0.3 is 0 Å². The quantitative estimate of drug-likeness (QED) is 0.750. The molecule has 1 N–H and O–H groups in total. The van der Waals surface area contributed by atoms with Crippen molar-refractivity contribution in [1.82, 2.24) is 5.32 Å². The van der Waals surface area contributed by atoms with Crippen LogP contribution in [-0.4, -0.2) is 12.5 Å². The van der Waals surface area contributed by atoms with E-state index in [9.17, 15) is 4.79 Å². The van der Waals surface area contributed by atoms with E-state index < -0.39 is 0 Å². The minimum absolute atomic E-state index is 0.0545. The van der Waals surface area contributed by atoms with E-state index in [2.05, 4.69) is 24.4 Å². The van der Waals surface area contributed by atoms with Gasteiger partial charge in [0.05, 0.1) is 0 Å². The van der Waals surface area contributed by atoms with Crippen molar-refractivity contribution < 1.29 is 4.79 Å². The topological polar surface area (TPSA) is 29.1 Å². The number of nitrogens with one attached hydrogen (secondary N) is 1. The average molecular weight is 328 g/mol. The molecule has 0 aromatic heterocycles. The van der Waals surface area contributed by atoms with E-state index >= 15 is 0 Å². The predicted octanol–water partition coefficient (Wildman–Crippen LogP) is 5.13. The number of benzene rings is 2. The maximum Gasteiger partial charge on any atom is 0.251 e. The van der Waals surface area contributed by atoms with Crippen LogP contribution in [-0.2, 0) is 6.42 Å². The Morgan fingerprint density at radius 1 is 1.13 bits per heavy atom. The van der Waals surface area contributed by atoms with E-state index in [1.54, 1.807) is 0 Å². The second-order valence-electron chi connectivity index (χ2n) is 5.41. The van der Waals surface area contributed by atoms with Crippen molar-refractivity contribution in [1.29, 1.82) is 0 Å². The van der Waals surface area contributed by atoms with Gasteiger partial charge in [0, 0.05) is 17.1 Å². The van der Waals surface area contributed by atoms with E-state index in [4.69, 9.17) is 11.6 Å². The molecule has 2 rings (SSSR count). The number of carbonyl (C=O) groups is 1. The number of halogens is 1. The van der Waals surface area contributed by atoms with Crippen LogP contribution < -0.4 is 5.32 Å². The number of hydrogen-bond acceptors (Lipinski definition) is 1. The van der Waals surface area contributed by atoms with Crippen molar-refractivity contribution in [3.8, 4) is 0 Å². The number of carbonyl (C=O) groups excluding carboxylic acids is 1. The van der Waals surface area contributed by atoms with Crippen molar-refractivity contribution in [3.05, 3.63) is 76.3 Å². The summed E-state index contributed by atoms with van der Waals surface area (Å²) in [6, 6.07) is 15.3. The minimum atomic E-state index is -0.0545. The highest BCUT2D eigenvalue weighted by Crippen LogP contribution is 2.15. The summed E-state index contributed by atoms with van der Waals surface area (Å²) in [6.45, 7) is 2.72. The van der Waals surface area contributed by atoms with Crippen LogP contribution in [0.25, 0.3) is 6.08 Å². The Morgan fingerprint density at radius 3 is 2.57 bits per heavy atom. The number of hydrogen-bond donors (Lipinski definition) is 1. The van der Waals surface area contributed by atoms with Gasteiger partial charge < -0.3 is 5.32 Å². The highest BCUT2D eigenvalue weighted by Gasteiger charge is 2.05. The van der Waals surface area contributed by atoms with Crippen LogP contribution in [0.15, 0.2) is 54.6 Å². The fraction of sp³-hybridized carbons (Fsp3) is 0.250. The monoisotopic (exact) mass is 327 g/mol. The van der Waals surface area contributed by atoms with Gasteiger partial charge in [-0.25, -0.2) is 0 Å². The Morgan fingerprint density at radius 2 is 1.87 bits per heavy atom. The molecule has 0 radical (unpaired) electrons. The summed E-state index contributed by atoms with van der Waals surface area (Å²) in [6.07, 6.45) is 7.18. The molecule has 0 aliphatic rings. The summed E-state index contributed by atoms with van der Waals surface area (Å²) in [5, 5.41) is 3.67.